The fourth-order valence-corrected chi connectivity index (χ4v) is 8.48. The Morgan fingerprint density at radius 3 is 2.02 bits per heavy atom. The fourth-order valence-electron chi connectivity index (χ4n) is 8.07. The summed E-state index contributed by atoms with van der Waals surface area (Å²) in [4.78, 5) is 0. The van der Waals surface area contributed by atoms with E-state index < -0.39 is 0 Å². The summed E-state index contributed by atoms with van der Waals surface area (Å²) in [6, 6.07) is 37.7. The normalized spacial score (nSPS) is 23.8. The smallest absolute Gasteiger partial charge is 0.120 e. The highest BCUT2D eigenvalue weighted by Gasteiger charge is 2.50. The Morgan fingerprint density at radius 2 is 1.40 bits per heavy atom. The second-order valence-corrected chi connectivity index (χ2v) is 13.7. The highest BCUT2D eigenvalue weighted by Crippen LogP contribution is 2.60. The lowest BCUT2D eigenvalue weighted by Gasteiger charge is -2.49. The topological polar surface area (TPSA) is 32.7 Å². The molecule has 2 saturated carbocycles. The third-order valence-electron chi connectivity index (χ3n) is 10.2. The van der Waals surface area contributed by atoms with Crippen LogP contribution in [0.4, 0.5) is 0 Å². The zero-order chi connectivity index (χ0) is 29.5. The molecule has 3 aliphatic carbocycles. The monoisotopic (exact) mass is 591 g/mol. The summed E-state index contributed by atoms with van der Waals surface area (Å²) in [5.74, 6) is 3.74. The summed E-state index contributed by atoms with van der Waals surface area (Å²) in [5.41, 5.74) is 7.48. The number of fused-ring (bicyclic) bond motifs is 5. The molecule has 4 aromatic carbocycles. The standard InChI is InChI=1S/C25H30O.C14H15NOS/c1-25-14-5-8-24(25)23-11-9-19-16-20(10-12-21(19)22(23)13-15-25)26-17-18-6-3-2-4-7-18;16-17-15(11-13-7-3-1-4-8-13)12-14-9-5-2-6-10-14/h2-4,6-7,10,12,16,22-24H,5,8-9,11,13-15,17H2,1H3;1-10,16H,11-12H2. The average Bonchev–Trinajstić information content (AvgIpc) is 3.47. The van der Waals surface area contributed by atoms with Crippen molar-refractivity contribution in [2.75, 3.05) is 0 Å². The Balaban J connectivity index is 0.000000168. The van der Waals surface area contributed by atoms with Gasteiger partial charge in [-0.2, -0.15) is 0 Å². The largest absolute Gasteiger partial charge is 0.489 e. The molecule has 4 unspecified atom stereocenters. The molecule has 3 aliphatic rings. The average molecular weight is 592 g/mol. The van der Waals surface area contributed by atoms with Gasteiger partial charge in [0, 0.05) is 13.1 Å². The summed E-state index contributed by atoms with van der Waals surface area (Å²) < 4.78 is 17.3. The van der Waals surface area contributed by atoms with Crippen LogP contribution in [-0.2, 0) is 26.1 Å². The molecule has 0 spiro atoms. The van der Waals surface area contributed by atoms with Crippen LogP contribution in [0.25, 0.3) is 0 Å². The number of nitrogens with zero attached hydrogens (tertiary/aromatic N) is 1. The van der Waals surface area contributed by atoms with Gasteiger partial charge in [-0.25, -0.2) is 4.31 Å². The Bertz CT molecular complexity index is 1390. The van der Waals surface area contributed by atoms with Gasteiger partial charge < -0.3 is 9.29 Å². The van der Waals surface area contributed by atoms with Crippen LogP contribution in [0.3, 0.4) is 0 Å². The zero-order valence-electron chi connectivity index (χ0n) is 25.4. The lowest BCUT2D eigenvalue weighted by atomic mass is 9.56. The minimum atomic E-state index is 0.650. The Morgan fingerprint density at radius 1 is 0.767 bits per heavy atom. The molecule has 0 aromatic heterocycles. The first-order valence-electron chi connectivity index (χ1n) is 16.1. The van der Waals surface area contributed by atoms with E-state index in [4.69, 9.17) is 4.74 Å². The summed E-state index contributed by atoms with van der Waals surface area (Å²) >= 11 is 0.793. The lowest BCUT2D eigenvalue weighted by Crippen LogP contribution is -2.39. The highest BCUT2D eigenvalue weighted by atomic mass is 32.2. The van der Waals surface area contributed by atoms with E-state index in [1.165, 1.54) is 61.6 Å². The first-order valence-corrected chi connectivity index (χ1v) is 16.8. The third kappa shape index (κ3) is 7.37. The number of hydrogen-bond donors (Lipinski definition) is 1. The van der Waals surface area contributed by atoms with Crippen LogP contribution in [0, 0.1) is 17.3 Å². The molecule has 0 bridgehead atoms. The van der Waals surface area contributed by atoms with Gasteiger partial charge in [0.1, 0.15) is 12.4 Å². The van der Waals surface area contributed by atoms with Crippen molar-refractivity contribution in [1.29, 1.82) is 0 Å². The molecule has 1 N–H and O–H groups in total. The second kappa shape index (κ2) is 14.2. The first kappa shape index (κ1) is 30.0. The summed E-state index contributed by atoms with van der Waals surface area (Å²) in [6.07, 6.45) is 9.87. The molecule has 4 atom stereocenters. The van der Waals surface area contributed by atoms with Crippen molar-refractivity contribution >= 4 is 12.2 Å². The molecular formula is C39H45NO2S. The lowest BCUT2D eigenvalue weighted by molar-refractivity contribution is 0.0598. The minimum Gasteiger partial charge on any atom is -0.489 e. The van der Waals surface area contributed by atoms with Crippen molar-refractivity contribution in [3.63, 3.8) is 0 Å². The van der Waals surface area contributed by atoms with E-state index in [9.17, 15) is 4.55 Å². The number of benzene rings is 4. The van der Waals surface area contributed by atoms with Gasteiger partial charge in [0.25, 0.3) is 0 Å². The van der Waals surface area contributed by atoms with Gasteiger partial charge in [0.15, 0.2) is 0 Å². The number of ether oxygens (including phenoxy) is 1. The van der Waals surface area contributed by atoms with E-state index >= 15 is 0 Å². The highest BCUT2D eigenvalue weighted by molar-refractivity contribution is 7.91. The van der Waals surface area contributed by atoms with Crippen molar-refractivity contribution in [2.45, 2.75) is 77.5 Å². The quantitative estimate of drug-likeness (QED) is 0.163. The molecule has 0 saturated heterocycles. The maximum Gasteiger partial charge on any atom is 0.120 e. The molecule has 43 heavy (non-hydrogen) atoms. The predicted octanol–water partition coefficient (Wildman–Crippen LogP) is 10.3. The van der Waals surface area contributed by atoms with Crippen LogP contribution in [0.2, 0.25) is 0 Å². The molecule has 0 radical (unpaired) electrons. The predicted molar refractivity (Wildman–Crippen MR) is 179 cm³/mol. The van der Waals surface area contributed by atoms with Crippen molar-refractivity contribution < 1.29 is 9.29 Å². The second-order valence-electron chi connectivity index (χ2n) is 13.0. The summed E-state index contributed by atoms with van der Waals surface area (Å²) in [7, 11) is 0. The van der Waals surface area contributed by atoms with Crippen LogP contribution in [0.5, 0.6) is 5.75 Å². The summed E-state index contributed by atoms with van der Waals surface area (Å²) in [5, 5.41) is 0. The summed E-state index contributed by atoms with van der Waals surface area (Å²) in [6.45, 7) is 4.71. The van der Waals surface area contributed by atoms with Gasteiger partial charge in [-0.1, -0.05) is 110 Å². The molecule has 0 amide bonds. The van der Waals surface area contributed by atoms with Crippen molar-refractivity contribution in [3.05, 3.63) is 137 Å². The molecule has 224 valence electrons. The maximum atomic E-state index is 9.29. The Kier molecular flexibility index (Phi) is 9.88. The maximum absolute atomic E-state index is 9.29. The Labute approximate surface area is 262 Å². The van der Waals surface area contributed by atoms with E-state index in [0.717, 1.165) is 48.8 Å². The van der Waals surface area contributed by atoms with Gasteiger partial charge >= 0.3 is 0 Å². The van der Waals surface area contributed by atoms with Gasteiger partial charge in [-0.05, 0) is 102 Å². The fraction of sp³-hybridized carbons (Fsp3) is 0.385. The number of aryl methyl sites for hydroxylation is 1. The van der Waals surface area contributed by atoms with Gasteiger partial charge in [-0.15, -0.1) is 0 Å². The molecule has 3 nitrogen and oxygen atoms in total. The van der Waals surface area contributed by atoms with Gasteiger partial charge in [-0.3, -0.25) is 0 Å². The third-order valence-corrected chi connectivity index (χ3v) is 10.7. The first-order chi connectivity index (χ1) is 21.1. The van der Waals surface area contributed by atoms with Crippen LogP contribution < -0.4 is 4.74 Å². The van der Waals surface area contributed by atoms with E-state index in [2.05, 4.69) is 79.7 Å². The van der Waals surface area contributed by atoms with Crippen LogP contribution in [-0.4, -0.2) is 8.86 Å². The minimum absolute atomic E-state index is 0.650. The molecule has 0 aliphatic heterocycles. The zero-order valence-corrected chi connectivity index (χ0v) is 26.2. The van der Waals surface area contributed by atoms with Crippen molar-refractivity contribution in [1.82, 2.24) is 4.31 Å². The number of hydrogen-bond acceptors (Lipinski definition) is 4. The van der Waals surface area contributed by atoms with Crippen LogP contribution >= 0.6 is 12.2 Å². The molecule has 7 rings (SSSR count). The molecule has 0 heterocycles. The molecule has 2 fully saturated rings. The van der Waals surface area contributed by atoms with E-state index in [1.54, 1.807) is 11.1 Å². The molecular weight excluding hydrogens is 547 g/mol. The van der Waals surface area contributed by atoms with E-state index in [0.29, 0.717) is 12.0 Å². The Hall–Kier alpha value is -3.05. The molecule has 4 aromatic rings. The van der Waals surface area contributed by atoms with Gasteiger partial charge in [0.05, 0.1) is 12.2 Å². The van der Waals surface area contributed by atoms with E-state index in [1.807, 2.05) is 40.7 Å². The molecule has 4 heteroatoms. The van der Waals surface area contributed by atoms with Crippen LogP contribution in [0.1, 0.15) is 79.2 Å². The SMILES string of the molecule is CC12CCCC1C1CCc3cc(OCc4ccccc4)ccc3C1CC2.OSN(Cc1ccccc1)Cc1ccccc1. The van der Waals surface area contributed by atoms with Crippen molar-refractivity contribution in [3.8, 4) is 5.75 Å². The number of rotatable bonds is 8. The van der Waals surface area contributed by atoms with Crippen molar-refractivity contribution in [2.24, 2.45) is 17.3 Å². The van der Waals surface area contributed by atoms with E-state index in [-0.39, 0.29) is 0 Å². The van der Waals surface area contributed by atoms with Crippen LogP contribution in [0.15, 0.2) is 109 Å². The van der Waals surface area contributed by atoms with Gasteiger partial charge in [0.2, 0.25) is 0 Å².